The van der Waals surface area contributed by atoms with Crippen LogP contribution in [-0.4, -0.2) is 13.4 Å². The van der Waals surface area contributed by atoms with Crippen molar-refractivity contribution in [1.82, 2.24) is 4.98 Å². The Morgan fingerprint density at radius 2 is 1.56 bits per heavy atom. The Kier molecular flexibility index (Phi) is 3.30. The minimum absolute atomic E-state index is 0.325. The predicted molar refractivity (Wildman–Crippen MR) is 70.2 cm³/mol. The molecule has 0 amide bonds. The van der Waals surface area contributed by atoms with Crippen LogP contribution in [-0.2, 0) is 0 Å². The molecule has 1 aromatic rings. The molecule has 0 saturated heterocycles. The van der Waals surface area contributed by atoms with Gasteiger partial charge in [-0.15, -0.1) is 0 Å². The normalized spacial score (nSPS) is 13.9. The molecule has 0 atom stereocenters. The van der Waals surface area contributed by atoms with E-state index in [-0.39, 0.29) is 10.1 Å². The number of rotatable bonds is 1. The SMILES string of the molecule is CC(C)(C)[Si](F)(c1cccnc1)C(C)(C)C. The maximum absolute atomic E-state index is 15.6. The van der Waals surface area contributed by atoms with Crippen LogP contribution in [0.3, 0.4) is 0 Å². The summed E-state index contributed by atoms with van der Waals surface area (Å²) in [6.45, 7) is 12.0. The molecule has 0 saturated carbocycles. The Bertz CT molecular complexity index is 334. The molecule has 0 radical (unpaired) electrons. The number of aromatic nitrogens is 1. The van der Waals surface area contributed by atoms with Gasteiger partial charge in [-0.2, -0.15) is 0 Å². The van der Waals surface area contributed by atoms with Crippen molar-refractivity contribution in [2.75, 3.05) is 0 Å². The van der Waals surface area contributed by atoms with Crippen molar-refractivity contribution in [3.63, 3.8) is 0 Å². The van der Waals surface area contributed by atoms with E-state index in [0.29, 0.717) is 0 Å². The molecule has 1 nitrogen and oxygen atoms in total. The fourth-order valence-electron chi connectivity index (χ4n) is 2.56. The summed E-state index contributed by atoms with van der Waals surface area (Å²) in [5, 5.41) is 0.151. The molecule has 0 N–H and O–H groups in total. The average molecular weight is 239 g/mol. The molecule has 1 rings (SSSR count). The first-order chi connectivity index (χ1) is 7.11. The summed E-state index contributed by atoms with van der Waals surface area (Å²) in [6, 6.07) is 3.71. The second-order valence-electron chi connectivity index (χ2n) is 6.40. The smallest absolute Gasteiger partial charge is 0.289 e. The zero-order valence-electron chi connectivity index (χ0n) is 11.1. The van der Waals surface area contributed by atoms with E-state index in [1.807, 2.05) is 53.7 Å². The average Bonchev–Trinajstić information content (AvgIpc) is 2.14. The fraction of sp³-hybridized carbons (Fsp3) is 0.615. The zero-order valence-corrected chi connectivity index (χ0v) is 12.1. The lowest BCUT2D eigenvalue weighted by Crippen LogP contribution is -2.57. The molecule has 0 spiro atoms. The maximum Gasteiger partial charge on any atom is 0.289 e. The Hall–Kier alpha value is -0.703. The Morgan fingerprint density at radius 1 is 1.06 bits per heavy atom. The second kappa shape index (κ2) is 3.95. The van der Waals surface area contributed by atoms with Crippen molar-refractivity contribution < 1.29 is 4.11 Å². The standard InChI is InChI=1S/C13H22FNSi/c1-12(2,3)16(14,13(4,5)6)11-8-7-9-15-10-11/h7-10H,1-6H3. The molecule has 0 aliphatic rings. The highest BCUT2D eigenvalue weighted by molar-refractivity contribution is 6.90. The number of nitrogens with zero attached hydrogens (tertiary/aromatic N) is 1. The van der Waals surface area contributed by atoms with E-state index in [9.17, 15) is 0 Å². The van der Waals surface area contributed by atoms with Gasteiger partial charge in [-0.1, -0.05) is 47.6 Å². The number of hydrogen-bond donors (Lipinski definition) is 0. The minimum atomic E-state index is -3.09. The van der Waals surface area contributed by atoms with Crippen molar-refractivity contribution in [2.24, 2.45) is 0 Å². The summed E-state index contributed by atoms with van der Waals surface area (Å²) >= 11 is 0. The first-order valence-electron chi connectivity index (χ1n) is 5.70. The van der Waals surface area contributed by atoms with Crippen molar-refractivity contribution in [1.29, 1.82) is 0 Å². The van der Waals surface area contributed by atoms with Gasteiger partial charge in [0.05, 0.1) is 0 Å². The number of hydrogen-bond acceptors (Lipinski definition) is 1. The molecule has 0 aromatic carbocycles. The van der Waals surface area contributed by atoms with Crippen LogP contribution in [0.5, 0.6) is 0 Å². The maximum atomic E-state index is 15.6. The zero-order chi connectivity index (χ0) is 12.6. The van der Waals surface area contributed by atoms with E-state index < -0.39 is 8.41 Å². The highest BCUT2D eigenvalue weighted by Gasteiger charge is 2.56. The summed E-state index contributed by atoms with van der Waals surface area (Å²) in [7, 11) is -3.09. The summed E-state index contributed by atoms with van der Waals surface area (Å²) in [6.07, 6.45) is 3.40. The van der Waals surface area contributed by atoms with Gasteiger partial charge in [0, 0.05) is 12.4 Å². The molecule has 1 aromatic heterocycles. The fourth-order valence-corrected chi connectivity index (χ4v) is 7.12. The van der Waals surface area contributed by atoms with Gasteiger partial charge in [0.15, 0.2) is 0 Å². The van der Waals surface area contributed by atoms with E-state index >= 15 is 4.11 Å². The number of pyridine rings is 1. The summed E-state index contributed by atoms with van der Waals surface area (Å²) in [5.74, 6) is 0. The van der Waals surface area contributed by atoms with E-state index in [2.05, 4.69) is 4.98 Å². The van der Waals surface area contributed by atoms with Crippen LogP contribution in [0.15, 0.2) is 24.5 Å². The molecule has 1 heterocycles. The van der Waals surface area contributed by atoms with Crippen molar-refractivity contribution in [3.05, 3.63) is 24.5 Å². The summed E-state index contributed by atoms with van der Waals surface area (Å²) in [5.41, 5.74) is 0. The molecule has 0 bridgehead atoms. The minimum Gasteiger partial charge on any atom is -0.307 e. The lowest BCUT2D eigenvalue weighted by molar-refractivity contribution is 0.534. The van der Waals surface area contributed by atoms with Crippen LogP contribution in [0, 0.1) is 0 Å². The molecule has 16 heavy (non-hydrogen) atoms. The Morgan fingerprint density at radius 3 is 1.88 bits per heavy atom. The summed E-state index contributed by atoms with van der Waals surface area (Å²) in [4.78, 5) is 4.07. The van der Waals surface area contributed by atoms with Gasteiger partial charge in [0.25, 0.3) is 8.41 Å². The predicted octanol–water partition coefficient (Wildman–Crippen LogP) is 3.80. The van der Waals surface area contributed by atoms with Gasteiger partial charge in [0.2, 0.25) is 0 Å². The largest absolute Gasteiger partial charge is 0.307 e. The van der Waals surface area contributed by atoms with Gasteiger partial charge in [-0.25, -0.2) is 0 Å². The van der Waals surface area contributed by atoms with Crippen molar-refractivity contribution in [2.45, 2.75) is 51.6 Å². The van der Waals surface area contributed by atoms with Gasteiger partial charge in [-0.3, -0.25) is 4.98 Å². The molecule has 0 aliphatic carbocycles. The van der Waals surface area contributed by atoms with Gasteiger partial charge >= 0.3 is 0 Å². The molecule has 90 valence electrons. The van der Waals surface area contributed by atoms with E-state index in [1.54, 1.807) is 12.4 Å². The Balaban J connectivity index is 3.39. The van der Waals surface area contributed by atoms with Crippen LogP contribution in [0.4, 0.5) is 4.11 Å². The number of halogens is 1. The first-order valence-corrected chi connectivity index (χ1v) is 7.58. The van der Waals surface area contributed by atoms with Crippen LogP contribution >= 0.6 is 0 Å². The molecule has 3 heteroatoms. The third-order valence-corrected chi connectivity index (χ3v) is 8.35. The Labute approximate surface area is 99.3 Å². The molecular weight excluding hydrogens is 217 g/mol. The van der Waals surface area contributed by atoms with Crippen LogP contribution in [0.1, 0.15) is 41.5 Å². The topological polar surface area (TPSA) is 12.9 Å². The third-order valence-electron chi connectivity index (χ3n) is 3.13. The van der Waals surface area contributed by atoms with E-state index in [0.717, 1.165) is 5.19 Å². The highest BCUT2D eigenvalue weighted by atomic mass is 28.4. The third kappa shape index (κ3) is 2.05. The second-order valence-corrected chi connectivity index (χ2v) is 11.3. The van der Waals surface area contributed by atoms with E-state index in [4.69, 9.17) is 0 Å². The molecule has 0 fully saturated rings. The van der Waals surface area contributed by atoms with Crippen LogP contribution < -0.4 is 5.19 Å². The van der Waals surface area contributed by atoms with Gasteiger partial charge in [-0.05, 0) is 21.3 Å². The lowest BCUT2D eigenvalue weighted by atomic mass is 10.2. The molecule has 0 unspecified atom stereocenters. The lowest BCUT2D eigenvalue weighted by Gasteiger charge is -2.44. The van der Waals surface area contributed by atoms with Gasteiger partial charge < -0.3 is 4.11 Å². The highest BCUT2D eigenvalue weighted by Crippen LogP contribution is 2.51. The molecule has 0 aliphatic heterocycles. The summed E-state index contributed by atoms with van der Waals surface area (Å²) < 4.78 is 15.6. The van der Waals surface area contributed by atoms with Crippen molar-refractivity contribution in [3.8, 4) is 0 Å². The van der Waals surface area contributed by atoms with Crippen molar-refractivity contribution >= 4 is 13.6 Å². The van der Waals surface area contributed by atoms with E-state index in [1.165, 1.54) is 0 Å². The van der Waals surface area contributed by atoms with Crippen LogP contribution in [0.25, 0.3) is 0 Å². The monoisotopic (exact) mass is 239 g/mol. The van der Waals surface area contributed by atoms with Gasteiger partial charge in [0.1, 0.15) is 0 Å². The molecular formula is C13H22FNSi. The first kappa shape index (κ1) is 13.4. The quantitative estimate of drug-likeness (QED) is 0.536. The van der Waals surface area contributed by atoms with Crippen LogP contribution in [0.2, 0.25) is 10.1 Å².